The van der Waals surface area contributed by atoms with Gasteiger partial charge in [0.1, 0.15) is 0 Å². The highest BCUT2D eigenvalue weighted by Crippen LogP contribution is 2.25. The van der Waals surface area contributed by atoms with E-state index in [0.29, 0.717) is 12.8 Å². The second-order valence-corrected chi connectivity index (χ2v) is 3.72. The van der Waals surface area contributed by atoms with Crippen LogP contribution in [-0.2, 0) is 9.53 Å². The highest BCUT2D eigenvalue weighted by atomic mass is 16.5. The van der Waals surface area contributed by atoms with E-state index in [-0.39, 0.29) is 6.10 Å². The van der Waals surface area contributed by atoms with E-state index in [0.717, 1.165) is 13.1 Å². The second-order valence-electron chi connectivity index (χ2n) is 3.72. The summed E-state index contributed by atoms with van der Waals surface area (Å²) in [6, 6.07) is 0. The van der Waals surface area contributed by atoms with Gasteiger partial charge in [0.2, 0.25) is 0 Å². The molecule has 13 heavy (non-hydrogen) atoms. The molecule has 0 atom stereocenters. The normalized spacial score (nSPS) is 21.8. The van der Waals surface area contributed by atoms with Gasteiger partial charge in [0, 0.05) is 0 Å². The van der Waals surface area contributed by atoms with Crippen molar-refractivity contribution in [3.05, 3.63) is 0 Å². The molecule has 0 amide bonds. The molecule has 1 aliphatic heterocycles. The zero-order valence-corrected chi connectivity index (χ0v) is 8.17. The summed E-state index contributed by atoms with van der Waals surface area (Å²) in [6.45, 7) is 5.18. The molecule has 2 N–H and O–H groups in total. The van der Waals surface area contributed by atoms with Crippen molar-refractivity contribution < 1.29 is 14.6 Å². The molecular formula is C9H17NO3. The van der Waals surface area contributed by atoms with Gasteiger partial charge in [-0.25, -0.2) is 4.79 Å². The number of hydrogen-bond donors (Lipinski definition) is 2. The lowest BCUT2D eigenvalue weighted by molar-refractivity contribution is -0.176. The first kappa shape index (κ1) is 10.5. The molecule has 0 aliphatic carbocycles. The predicted molar refractivity (Wildman–Crippen MR) is 48.7 cm³/mol. The topological polar surface area (TPSA) is 58.6 Å². The van der Waals surface area contributed by atoms with Crippen LogP contribution in [0.1, 0.15) is 26.7 Å². The Kier molecular flexibility index (Phi) is 3.27. The van der Waals surface area contributed by atoms with E-state index in [4.69, 9.17) is 9.84 Å². The van der Waals surface area contributed by atoms with Crippen molar-refractivity contribution in [2.45, 2.75) is 38.4 Å². The monoisotopic (exact) mass is 187 g/mol. The Hall–Kier alpha value is -0.610. The molecule has 0 aromatic rings. The minimum Gasteiger partial charge on any atom is -0.479 e. The van der Waals surface area contributed by atoms with Crippen LogP contribution in [-0.4, -0.2) is 35.9 Å². The van der Waals surface area contributed by atoms with Crippen molar-refractivity contribution in [2.24, 2.45) is 0 Å². The lowest BCUT2D eigenvalue weighted by Crippen LogP contribution is -2.51. The molecule has 4 heteroatoms. The molecule has 1 saturated heterocycles. The van der Waals surface area contributed by atoms with Crippen LogP contribution in [0.5, 0.6) is 0 Å². The molecule has 0 saturated carbocycles. The highest BCUT2D eigenvalue weighted by molar-refractivity contribution is 5.77. The first-order chi connectivity index (χ1) is 6.07. The van der Waals surface area contributed by atoms with E-state index < -0.39 is 11.6 Å². The number of nitrogens with one attached hydrogen (secondary N) is 1. The molecule has 0 aromatic heterocycles. The van der Waals surface area contributed by atoms with E-state index in [1.54, 1.807) is 0 Å². The number of aliphatic carboxylic acids is 1. The predicted octanol–water partition coefficient (Wildman–Crippen LogP) is 0.618. The minimum absolute atomic E-state index is 0.0331. The van der Waals surface area contributed by atoms with Gasteiger partial charge in [0.05, 0.1) is 6.10 Å². The van der Waals surface area contributed by atoms with Crippen molar-refractivity contribution in [1.82, 2.24) is 5.32 Å². The molecule has 76 valence electrons. The van der Waals surface area contributed by atoms with E-state index in [2.05, 4.69) is 5.32 Å². The number of piperidine rings is 1. The summed E-state index contributed by atoms with van der Waals surface area (Å²) < 4.78 is 5.50. The Morgan fingerprint density at radius 1 is 1.46 bits per heavy atom. The Morgan fingerprint density at radius 3 is 2.38 bits per heavy atom. The van der Waals surface area contributed by atoms with Gasteiger partial charge in [0.15, 0.2) is 5.60 Å². The van der Waals surface area contributed by atoms with Crippen molar-refractivity contribution in [2.75, 3.05) is 13.1 Å². The van der Waals surface area contributed by atoms with Crippen LogP contribution >= 0.6 is 0 Å². The molecule has 0 bridgehead atoms. The quantitative estimate of drug-likeness (QED) is 0.680. The lowest BCUT2D eigenvalue weighted by Gasteiger charge is -2.35. The standard InChI is InChI=1S/C9H17NO3/c1-7(2)13-9(8(11)12)3-5-10-6-4-9/h7,10H,3-6H2,1-2H3,(H,11,12). The molecule has 1 aliphatic rings. The summed E-state index contributed by atoms with van der Waals surface area (Å²) in [6.07, 6.45) is 1.08. The maximum absolute atomic E-state index is 11.1. The fraction of sp³-hybridized carbons (Fsp3) is 0.889. The van der Waals surface area contributed by atoms with Crippen molar-refractivity contribution in [3.63, 3.8) is 0 Å². The van der Waals surface area contributed by atoms with Gasteiger partial charge in [-0.2, -0.15) is 0 Å². The van der Waals surface area contributed by atoms with Crippen LogP contribution in [0.15, 0.2) is 0 Å². The Morgan fingerprint density at radius 2 is 2.00 bits per heavy atom. The van der Waals surface area contributed by atoms with Crippen LogP contribution < -0.4 is 5.32 Å². The Balaban J connectivity index is 2.67. The number of carbonyl (C=O) groups is 1. The fourth-order valence-electron chi connectivity index (χ4n) is 1.66. The van der Waals surface area contributed by atoms with Crippen LogP contribution in [0.4, 0.5) is 0 Å². The third-order valence-electron chi connectivity index (χ3n) is 2.26. The number of ether oxygens (including phenoxy) is 1. The zero-order chi connectivity index (χ0) is 9.90. The molecule has 1 rings (SSSR count). The summed E-state index contributed by atoms with van der Waals surface area (Å²) in [5.74, 6) is -0.831. The summed E-state index contributed by atoms with van der Waals surface area (Å²) in [7, 11) is 0. The van der Waals surface area contributed by atoms with E-state index >= 15 is 0 Å². The van der Waals surface area contributed by atoms with Crippen LogP contribution in [0, 0.1) is 0 Å². The number of carboxylic acids is 1. The van der Waals surface area contributed by atoms with Gasteiger partial charge in [-0.15, -0.1) is 0 Å². The number of hydrogen-bond acceptors (Lipinski definition) is 3. The Bertz CT molecular complexity index is 185. The van der Waals surface area contributed by atoms with Crippen molar-refractivity contribution in [3.8, 4) is 0 Å². The smallest absolute Gasteiger partial charge is 0.336 e. The average molecular weight is 187 g/mol. The largest absolute Gasteiger partial charge is 0.479 e. The molecule has 0 unspecified atom stereocenters. The third-order valence-corrected chi connectivity index (χ3v) is 2.26. The van der Waals surface area contributed by atoms with Gasteiger partial charge < -0.3 is 15.2 Å². The van der Waals surface area contributed by atoms with Crippen molar-refractivity contribution in [1.29, 1.82) is 0 Å². The van der Waals surface area contributed by atoms with E-state index in [9.17, 15) is 4.79 Å². The zero-order valence-electron chi connectivity index (χ0n) is 8.17. The Labute approximate surface area is 78.3 Å². The van der Waals surface area contributed by atoms with E-state index in [1.165, 1.54) is 0 Å². The SMILES string of the molecule is CC(C)OC1(C(=O)O)CCNCC1. The van der Waals surface area contributed by atoms with Crippen LogP contribution in [0.25, 0.3) is 0 Å². The second kappa shape index (κ2) is 4.07. The molecule has 0 radical (unpaired) electrons. The first-order valence-electron chi connectivity index (χ1n) is 4.69. The highest BCUT2D eigenvalue weighted by Gasteiger charge is 2.41. The summed E-state index contributed by atoms with van der Waals surface area (Å²) in [5, 5.41) is 12.2. The fourth-order valence-corrected chi connectivity index (χ4v) is 1.66. The van der Waals surface area contributed by atoms with E-state index in [1.807, 2.05) is 13.8 Å². The minimum atomic E-state index is -0.945. The molecule has 1 heterocycles. The summed E-state index contributed by atoms with van der Waals surface area (Å²) >= 11 is 0. The first-order valence-corrected chi connectivity index (χ1v) is 4.69. The van der Waals surface area contributed by atoms with Crippen LogP contribution in [0.2, 0.25) is 0 Å². The molecular weight excluding hydrogens is 170 g/mol. The summed E-state index contributed by atoms with van der Waals surface area (Å²) in [5.41, 5.74) is -0.945. The maximum atomic E-state index is 11.1. The third kappa shape index (κ3) is 2.42. The van der Waals surface area contributed by atoms with Gasteiger partial charge in [0.25, 0.3) is 0 Å². The lowest BCUT2D eigenvalue weighted by atomic mass is 9.92. The van der Waals surface area contributed by atoms with Crippen LogP contribution in [0.3, 0.4) is 0 Å². The average Bonchev–Trinajstić information content (AvgIpc) is 2.04. The molecule has 4 nitrogen and oxygen atoms in total. The molecule has 0 aromatic carbocycles. The number of rotatable bonds is 3. The van der Waals surface area contributed by atoms with Gasteiger partial charge >= 0.3 is 5.97 Å². The maximum Gasteiger partial charge on any atom is 0.336 e. The summed E-state index contributed by atoms with van der Waals surface area (Å²) in [4.78, 5) is 11.1. The van der Waals surface area contributed by atoms with Gasteiger partial charge in [-0.05, 0) is 39.8 Å². The van der Waals surface area contributed by atoms with Crippen molar-refractivity contribution >= 4 is 5.97 Å². The molecule has 1 fully saturated rings. The number of carboxylic acid groups (broad SMARTS) is 1. The van der Waals surface area contributed by atoms with Gasteiger partial charge in [-0.3, -0.25) is 0 Å². The van der Waals surface area contributed by atoms with Gasteiger partial charge in [-0.1, -0.05) is 0 Å². The molecule has 0 spiro atoms.